The zero-order valence-electron chi connectivity index (χ0n) is 13.4. The first-order chi connectivity index (χ1) is 12.4. The Morgan fingerprint density at radius 1 is 1.31 bits per heavy atom. The molecule has 0 saturated carbocycles. The second-order valence-corrected chi connectivity index (χ2v) is 6.56. The molecule has 2 aromatic heterocycles. The van der Waals surface area contributed by atoms with Crippen molar-refractivity contribution in [1.82, 2.24) is 9.97 Å². The average Bonchev–Trinajstić information content (AvgIpc) is 2.98. The first kappa shape index (κ1) is 18.2. The highest BCUT2D eigenvalue weighted by Gasteiger charge is 2.19. The van der Waals surface area contributed by atoms with Crippen LogP contribution in [0, 0.1) is 6.92 Å². The quantitative estimate of drug-likeness (QED) is 0.658. The molecule has 0 fully saturated rings. The number of pyridine rings is 1. The lowest BCUT2D eigenvalue weighted by atomic mass is 10.2. The van der Waals surface area contributed by atoms with E-state index in [2.05, 4.69) is 20.0 Å². The van der Waals surface area contributed by atoms with E-state index in [1.807, 2.05) is 6.07 Å². The Bertz CT molecular complexity index is 949. The minimum atomic E-state index is -3.02. The number of amides is 1. The van der Waals surface area contributed by atoms with Gasteiger partial charge in [-0.05, 0) is 31.2 Å². The second kappa shape index (κ2) is 7.76. The molecular formula is C17H12ClF2N3O2S. The zero-order chi connectivity index (χ0) is 18.7. The molecule has 0 aliphatic carbocycles. The number of halogens is 3. The number of rotatable bonds is 5. The molecule has 1 amide bonds. The van der Waals surface area contributed by atoms with E-state index >= 15 is 0 Å². The van der Waals surface area contributed by atoms with Crippen LogP contribution in [0.4, 0.5) is 14.6 Å². The van der Waals surface area contributed by atoms with E-state index < -0.39 is 12.5 Å². The first-order valence-corrected chi connectivity index (χ1v) is 8.58. The van der Waals surface area contributed by atoms with Gasteiger partial charge in [-0.3, -0.25) is 4.79 Å². The van der Waals surface area contributed by atoms with E-state index in [9.17, 15) is 13.6 Å². The van der Waals surface area contributed by atoms with Crippen LogP contribution in [0.3, 0.4) is 0 Å². The highest BCUT2D eigenvalue weighted by atomic mass is 35.5. The normalized spacial score (nSPS) is 10.8. The van der Waals surface area contributed by atoms with Crippen LogP contribution in [0.5, 0.6) is 5.75 Å². The van der Waals surface area contributed by atoms with Gasteiger partial charge in [0.05, 0.1) is 5.69 Å². The van der Waals surface area contributed by atoms with Crippen LogP contribution >= 0.6 is 22.9 Å². The van der Waals surface area contributed by atoms with Crippen LogP contribution in [0.25, 0.3) is 10.6 Å². The molecule has 9 heteroatoms. The fraction of sp³-hybridized carbons (Fsp3) is 0.118. The van der Waals surface area contributed by atoms with Crippen LogP contribution < -0.4 is 10.1 Å². The van der Waals surface area contributed by atoms with Crippen molar-refractivity contribution in [1.29, 1.82) is 0 Å². The number of aromatic nitrogens is 2. The van der Waals surface area contributed by atoms with Crippen LogP contribution in [-0.2, 0) is 0 Å². The summed E-state index contributed by atoms with van der Waals surface area (Å²) in [6, 6.07) is 9.84. The first-order valence-electron chi connectivity index (χ1n) is 7.38. The van der Waals surface area contributed by atoms with Crippen molar-refractivity contribution in [3.63, 3.8) is 0 Å². The Hall–Kier alpha value is -2.58. The number of benzene rings is 1. The Morgan fingerprint density at radius 3 is 2.85 bits per heavy atom. The molecule has 0 aliphatic heterocycles. The van der Waals surface area contributed by atoms with Gasteiger partial charge in [-0.25, -0.2) is 9.97 Å². The molecular weight excluding hydrogens is 384 g/mol. The Kier molecular flexibility index (Phi) is 5.43. The van der Waals surface area contributed by atoms with E-state index in [0.717, 1.165) is 5.56 Å². The number of hydrogen-bond acceptors (Lipinski definition) is 5. The topological polar surface area (TPSA) is 64.1 Å². The van der Waals surface area contributed by atoms with E-state index in [4.69, 9.17) is 11.6 Å². The highest BCUT2D eigenvalue weighted by Crippen LogP contribution is 2.31. The van der Waals surface area contributed by atoms with Gasteiger partial charge in [-0.15, -0.1) is 11.3 Å². The van der Waals surface area contributed by atoms with Gasteiger partial charge in [0.2, 0.25) is 0 Å². The number of nitrogens with one attached hydrogen (secondary N) is 1. The summed E-state index contributed by atoms with van der Waals surface area (Å²) in [5, 5.41) is 3.67. The summed E-state index contributed by atoms with van der Waals surface area (Å²) in [4.78, 5) is 21.1. The van der Waals surface area contributed by atoms with Gasteiger partial charge in [0.1, 0.15) is 9.88 Å². The molecule has 1 N–H and O–H groups in total. The third-order valence-corrected chi connectivity index (χ3v) is 4.73. The van der Waals surface area contributed by atoms with Crippen molar-refractivity contribution >= 4 is 34.7 Å². The summed E-state index contributed by atoms with van der Waals surface area (Å²) in [5.74, 6) is -0.811. The van der Waals surface area contributed by atoms with E-state index in [-0.39, 0.29) is 11.6 Å². The molecule has 0 bridgehead atoms. The largest absolute Gasteiger partial charge is 0.431 e. The maximum absolute atomic E-state index is 12.5. The standard InChI is InChI=1S/C17H12ClF2N3O2S/c1-9-13(26-16(22-9)10-4-2-5-11(18)8-10)15(24)23-14-12(25-17(19)20)6-3-7-21-14/h2-8,17H,1H3,(H,21,23,24). The van der Waals surface area contributed by atoms with E-state index in [0.29, 0.717) is 20.6 Å². The monoisotopic (exact) mass is 395 g/mol. The van der Waals surface area contributed by atoms with Gasteiger partial charge < -0.3 is 10.1 Å². The van der Waals surface area contributed by atoms with Crippen LogP contribution in [0.2, 0.25) is 5.02 Å². The van der Waals surface area contributed by atoms with E-state index in [1.165, 1.54) is 29.7 Å². The fourth-order valence-electron chi connectivity index (χ4n) is 2.19. The smallest absolute Gasteiger partial charge is 0.387 e. The molecule has 3 rings (SSSR count). The van der Waals surface area contributed by atoms with Crippen molar-refractivity contribution < 1.29 is 18.3 Å². The molecule has 0 unspecified atom stereocenters. The summed E-state index contributed by atoms with van der Waals surface area (Å²) < 4.78 is 29.3. The average molecular weight is 396 g/mol. The number of hydrogen-bond donors (Lipinski definition) is 1. The van der Waals surface area contributed by atoms with Gasteiger partial charge >= 0.3 is 6.61 Å². The van der Waals surface area contributed by atoms with Crippen LogP contribution in [0.1, 0.15) is 15.4 Å². The van der Waals surface area contributed by atoms with Crippen LogP contribution in [0.15, 0.2) is 42.6 Å². The number of thiazole rings is 1. The lowest BCUT2D eigenvalue weighted by molar-refractivity contribution is -0.0495. The summed E-state index contributed by atoms with van der Waals surface area (Å²) in [6.45, 7) is -1.33. The Morgan fingerprint density at radius 2 is 2.12 bits per heavy atom. The SMILES string of the molecule is Cc1nc(-c2cccc(Cl)c2)sc1C(=O)Nc1ncccc1OC(F)F. The minimum Gasteiger partial charge on any atom is -0.431 e. The molecule has 134 valence electrons. The number of aryl methyl sites for hydroxylation is 1. The molecule has 2 heterocycles. The molecule has 26 heavy (non-hydrogen) atoms. The Balaban J connectivity index is 1.86. The van der Waals surface area contributed by atoms with Crippen molar-refractivity contribution in [3.05, 3.63) is 58.2 Å². The molecule has 0 spiro atoms. The molecule has 0 radical (unpaired) electrons. The summed E-state index contributed by atoms with van der Waals surface area (Å²) >= 11 is 7.15. The maximum Gasteiger partial charge on any atom is 0.387 e. The molecule has 0 atom stereocenters. The number of carbonyl (C=O) groups excluding carboxylic acids is 1. The van der Waals surface area contributed by atoms with Crippen molar-refractivity contribution in [2.75, 3.05) is 5.32 Å². The minimum absolute atomic E-state index is 0.0881. The molecule has 5 nitrogen and oxygen atoms in total. The zero-order valence-corrected chi connectivity index (χ0v) is 14.9. The third kappa shape index (κ3) is 4.14. The van der Waals surface area contributed by atoms with Crippen molar-refractivity contribution in [2.24, 2.45) is 0 Å². The summed E-state index contributed by atoms with van der Waals surface area (Å²) in [7, 11) is 0. The molecule has 0 aliphatic rings. The lowest BCUT2D eigenvalue weighted by Gasteiger charge is -2.09. The van der Waals surface area contributed by atoms with Gasteiger partial charge in [-0.2, -0.15) is 8.78 Å². The van der Waals surface area contributed by atoms with Crippen molar-refractivity contribution in [2.45, 2.75) is 13.5 Å². The number of carbonyl (C=O) groups is 1. The second-order valence-electron chi connectivity index (χ2n) is 5.13. The van der Waals surface area contributed by atoms with Gasteiger partial charge in [0.25, 0.3) is 5.91 Å². The lowest BCUT2D eigenvalue weighted by Crippen LogP contribution is -2.14. The number of alkyl halides is 2. The number of nitrogens with zero attached hydrogens (tertiary/aromatic N) is 2. The molecule has 1 aromatic carbocycles. The number of ether oxygens (including phenoxy) is 1. The van der Waals surface area contributed by atoms with Gasteiger partial charge in [0.15, 0.2) is 11.6 Å². The Labute approximate surface area is 156 Å². The number of anilines is 1. The highest BCUT2D eigenvalue weighted by molar-refractivity contribution is 7.17. The molecule has 0 saturated heterocycles. The summed E-state index contributed by atoms with van der Waals surface area (Å²) in [6.07, 6.45) is 1.37. The van der Waals surface area contributed by atoms with Gasteiger partial charge in [-0.1, -0.05) is 23.7 Å². The predicted octanol–water partition coefficient (Wildman–Crippen LogP) is 5.02. The predicted molar refractivity (Wildman–Crippen MR) is 96.1 cm³/mol. The van der Waals surface area contributed by atoms with Crippen molar-refractivity contribution in [3.8, 4) is 16.3 Å². The fourth-order valence-corrected chi connectivity index (χ4v) is 3.34. The maximum atomic E-state index is 12.5. The third-order valence-electron chi connectivity index (χ3n) is 3.29. The molecule has 3 aromatic rings. The van der Waals surface area contributed by atoms with Gasteiger partial charge in [0, 0.05) is 16.8 Å². The van der Waals surface area contributed by atoms with E-state index in [1.54, 1.807) is 25.1 Å². The summed E-state index contributed by atoms with van der Waals surface area (Å²) in [5.41, 5.74) is 1.29. The van der Waals surface area contributed by atoms with Crippen LogP contribution in [-0.4, -0.2) is 22.5 Å².